The van der Waals surface area contributed by atoms with Crippen molar-refractivity contribution < 1.29 is 9.32 Å². The first-order valence-corrected chi connectivity index (χ1v) is 10.0. The van der Waals surface area contributed by atoms with Gasteiger partial charge in [0.05, 0.1) is 5.25 Å². The lowest BCUT2D eigenvalue weighted by Gasteiger charge is -2.15. The highest BCUT2D eigenvalue weighted by atomic mass is 32.2. The van der Waals surface area contributed by atoms with Gasteiger partial charge in [0.1, 0.15) is 0 Å². The standard InChI is InChI=1S/C17H17N5O2S2/c1-10(15-18-14(21-24-15)12-6-4-3-5-7-12)25-17-20-19-16(26-17)22(11(2)23)13-8-9-13/h3-7,10,13H,8-9H2,1-2H3. The van der Waals surface area contributed by atoms with E-state index >= 15 is 0 Å². The van der Waals surface area contributed by atoms with Gasteiger partial charge in [0.25, 0.3) is 0 Å². The highest BCUT2D eigenvalue weighted by molar-refractivity contribution is 8.01. The summed E-state index contributed by atoms with van der Waals surface area (Å²) in [6.45, 7) is 3.55. The number of carbonyl (C=O) groups excluding carboxylic acids is 1. The van der Waals surface area contributed by atoms with Crippen LogP contribution in [-0.4, -0.2) is 32.3 Å². The Morgan fingerprint density at radius 1 is 1.31 bits per heavy atom. The van der Waals surface area contributed by atoms with Gasteiger partial charge in [0, 0.05) is 18.5 Å². The van der Waals surface area contributed by atoms with Crippen LogP contribution in [0.15, 0.2) is 39.2 Å². The van der Waals surface area contributed by atoms with E-state index in [9.17, 15) is 4.79 Å². The van der Waals surface area contributed by atoms with E-state index in [4.69, 9.17) is 4.52 Å². The van der Waals surface area contributed by atoms with Crippen LogP contribution in [0.1, 0.15) is 37.8 Å². The molecule has 0 spiro atoms. The molecule has 1 aliphatic carbocycles. The third kappa shape index (κ3) is 3.63. The fraction of sp³-hybridized carbons (Fsp3) is 0.353. The molecule has 0 bridgehead atoms. The van der Waals surface area contributed by atoms with Gasteiger partial charge in [-0.15, -0.1) is 10.2 Å². The minimum atomic E-state index is -0.0625. The minimum absolute atomic E-state index is 0.0117. The molecule has 1 fully saturated rings. The van der Waals surface area contributed by atoms with Crippen molar-refractivity contribution in [2.75, 3.05) is 4.90 Å². The number of thioether (sulfide) groups is 1. The zero-order valence-corrected chi connectivity index (χ0v) is 16.0. The van der Waals surface area contributed by atoms with Crippen LogP contribution in [0.25, 0.3) is 11.4 Å². The second kappa shape index (κ2) is 7.16. The molecule has 1 amide bonds. The van der Waals surface area contributed by atoms with Crippen LogP contribution in [0, 0.1) is 0 Å². The topological polar surface area (TPSA) is 85.0 Å². The lowest BCUT2D eigenvalue weighted by atomic mass is 10.2. The van der Waals surface area contributed by atoms with Gasteiger partial charge in [-0.3, -0.25) is 9.69 Å². The van der Waals surface area contributed by atoms with Gasteiger partial charge in [0.15, 0.2) is 4.34 Å². The van der Waals surface area contributed by atoms with Crippen molar-refractivity contribution in [3.8, 4) is 11.4 Å². The quantitative estimate of drug-likeness (QED) is 0.467. The molecule has 3 aromatic rings. The molecule has 0 radical (unpaired) electrons. The summed E-state index contributed by atoms with van der Waals surface area (Å²) in [6.07, 6.45) is 2.06. The molecule has 2 aromatic heterocycles. The fourth-order valence-corrected chi connectivity index (χ4v) is 4.67. The van der Waals surface area contributed by atoms with Gasteiger partial charge < -0.3 is 4.52 Å². The van der Waals surface area contributed by atoms with E-state index in [0.717, 1.165) is 22.7 Å². The van der Waals surface area contributed by atoms with E-state index in [1.807, 2.05) is 37.3 Å². The molecular formula is C17H17N5O2S2. The third-order valence-corrected chi connectivity index (χ3v) is 6.05. The number of amides is 1. The highest BCUT2D eigenvalue weighted by Crippen LogP contribution is 2.40. The molecule has 4 rings (SSSR count). The molecule has 1 saturated carbocycles. The fourth-order valence-electron chi connectivity index (χ4n) is 2.53. The Kier molecular flexibility index (Phi) is 4.73. The van der Waals surface area contributed by atoms with E-state index in [0.29, 0.717) is 16.8 Å². The lowest BCUT2D eigenvalue weighted by Crippen LogP contribution is -2.30. The summed E-state index contributed by atoms with van der Waals surface area (Å²) in [5.41, 5.74) is 0.916. The van der Waals surface area contributed by atoms with E-state index < -0.39 is 0 Å². The van der Waals surface area contributed by atoms with Crippen LogP contribution in [0.5, 0.6) is 0 Å². The Labute approximate surface area is 158 Å². The van der Waals surface area contributed by atoms with Crippen molar-refractivity contribution in [2.45, 2.75) is 42.3 Å². The van der Waals surface area contributed by atoms with E-state index in [2.05, 4.69) is 20.3 Å². The van der Waals surface area contributed by atoms with Gasteiger partial charge in [0.2, 0.25) is 22.8 Å². The number of hydrogen-bond donors (Lipinski definition) is 0. The Morgan fingerprint density at radius 2 is 2.08 bits per heavy atom. The molecule has 1 aliphatic rings. The van der Waals surface area contributed by atoms with Crippen LogP contribution >= 0.6 is 23.1 Å². The lowest BCUT2D eigenvalue weighted by molar-refractivity contribution is -0.116. The van der Waals surface area contributed by atoms with E-state index in [1.165, 1.54) is 23.1 Å². The van der Waals surface area contributed by atoms with Gasteiger partial charge >= 0.3 is 0 Å². The molecule has 26 heavy (non-hydrogen) atoms. The third-order valence-electron chi connectivity index (χ3n) is 3.95. The second-order valence-corrected chi connectivity index (χ2v) is 8.60. The first-order valence-electron chi connectivity index (χ1n) is 8.31. The van der Waals surface area contributed by atoms with Gasteiger partial charge in [-0.05, 0) is 19.8 Å². The predicted octanol–water partition coefficient (Wildman–Crippen LogP) is 3.96. The Morgan fingerprint density at radius 3 is 2.77 bits per heavy atom. The number of aromatic nitrogens is 4. The van der Waals surface area contributed by atoms with Crippen molar-refractivity contribution >= 4 is 34.1 Å². The maximum absolute atomic E-state index is 11.8. The second-order valence-electron chi connectivity index (χ2n) is 6.05. The molecule has 1 atom stereocenters. The molecule has 7 nitrogen and oxygen atoms in total. The Balaban J connectivity index is 1.46. The van der Waals surface area contributed by atoms with Crippen molar-refractivity contribution in [2.24, 2.45) is 0 Å². The van der Waals surface area contributed by atoms with Crippen molar-refractivity contribution in [3.63, 3.8) is 0 Å². The normalized spacial score (nSPS) is 15.0. The highest BCUT2D eigenvalue weighted by Gasteiger charge is 2.34. The first kappa shape index (κ1) is 17.2. The number of benzene rings is 1. The van der Waals surface area contributed by atoms with Crippen molar-refractivity contribution in [1.29, 1.82) is 0 Å². The molecule has 134 valence electrons. The largest absolute Gasteiger partial charge is 0.338 e. The molecule has 2 heterocycles. The summed E-state index contributed by atoms with van der Waals surface area (Å²) in [6, 6.07) is 9.98. The molecule has 0 aliphatic heterocycles. The molecule has 1 unspecified atom stereocenters. The smallest absolute Gasteiger partial charge is 0.240 e. The van der Waals surface area contributed by atoms with Crippen LogP contribution in [0.4, 0.5) is 5.13 Å². The molecule has 0 N–H and O–H groups in total. The van der Waals surface area contributed by atoms with Crippen LogP contribution < -0.4 is 4.90 Å². The summed E-state index contributed by atoms with van der Waals surface area (Å²) >= 11 is 2.92. The maximum Gasteiger partial charge on any atom is 0.240 e. The number of nitrogens with zero attached hydrogens (tertiary/aromatic N) is 5. The summed E-state index contributed by atoms with van der Waals surface area (Å²) in [4.78, 5) is 18.1. The maximum atomic E-state index is 11.8. The molecule has 0 saturated heterocycles. The zero-order valence-electron chi connectivity index (χ0n) is 14.3. The zero-order chi connectivity index (χ0) is 18.1. The molecular weight excluding hydrogens is 370 g/mol. The first-order chi connectivity index (χ1) is 12.6. The summed E-state index contributed by atoms with van der Waals surface area (Å²) in [7, 11) is 0. The molecule has 9 heteroatoms. The van der Waals surface area contributed by atoms with Crippen molar-refractivity contribution in [1.82, 2.24) is 20.3 Å². The van der Waals surface area contributed by atoms with Gasteiger partial charge in [-0.2, -0.15) is 4.98 Å². The van der Waals surface area contributed by atoms with Gasteiger partial charge in [-0.1, -0.05) is 58.6 Å². The van der Waals surface area contributed by atoms with Crippen molar-refractivity contribution in [3.05, 3.63) is 36.2 Å². The number of carbonyl (C=O) groups is 1. The number of anilines is 1. The average Bonchev–Trinajstić information content (AvgIpc) is 3.15. The van der Waals surface area contributed by atoms with Crippen LogP contribution in [0.3, 0.4) is 0 Å². The summed E-state index contributed by atoms with van der Waals surface area (Å²) in [5.74, 6) is 1.12. The average molecular weight is 387 g/mol. The Bertz CT molecular complexity index is 907. The van der Waals surface area contributed by atoms with E-state index in [1.54, 1.807) is 11.8 Å². The summed E-state index contributed by atoms with van der Waals surface area (Å²) in [5, 5.41) is 13.0. The monoisotopic (exact) mass is 387 g/mol. The van der Waals surface area contributed by atoms with Crippen LogP contribution in [-0.2, 0) is 4.79 Å². The number of rotatable bonds is 6. The van der Waals surface area contributed by atoms with Crippen LogP contribution in [0.2, 0.25) is 0 Å². The predicted molar refractivity (Wildman–Crippen MR) is 100 cm³/mol. The minimum Gasteiger partial charge on any atom is -0.338 e. The SMILES string of the molecule is CC(=O)N(c1nnc(SC(C)c2nc(-c3ccccc3)no2)s1)C1CC1. The van der Waals surface area contributed by atoms with E-state index in [-0.39, 0.29) is 17.2 Å². The number of hydrogen-bond acceptors (Lipinski definition) is 8. The Hall–Kier alpha value is -2.26. The van der Waals surface area contributed by atoms with Gasteiger partial charge in [-0.25, -0.2) is 0 Å². The molecule has 1 aromatic carbocycles. The summed E-state index contributed by atoms with van der Waals surface area (Å²) < 4.78 is 6.18.